The first-order valence-corrected chi connectivity index (χ1v) is 16.9. The van der Waals surface area contributed by atoms with Crippen LogP contribution in [0.15, 0.2) is 91.0 Å². The van der Waals surface area contributed by atoms with Gasteiger partial charge in [0.15, 0.2) is 14.1 Å². The van der Waals surface area contributed by atoms with Gasteiger partial charge in [0.05, 0.1) is 18.6 Å². The molecule has 0 aliphatic carbocycles. The molecule has 0 bridgehead atoms. The summed E-state index contributed by atoms with van der Waals surface area (Å²) in [5.74, 6) is 1.97. The highest BCUT2D eigenvalue weighted by Gasteiger charge is 2.39. The standard InChI is InChI=1S/C30H36NO2PSi/c1-30(2,3)35(4,5)33-26(21-22-31)23-25(32)24-34(27-15-9-6-10-16-27,28-17-11-7-12-18-28)29-19-13-8-14-20-29/h6-20,24,26H,21,23H2,1-5H3/t26-/m1/s1. The van der Waals surface area contributed by atoms with Gasteiger partial charge in [-0.05, 0) is 46.7 Å². The molecule has 0 fully saturated rings. The molecule has 0 saturated carbocycles. The molecule has 182 valence electrons. The fraction of sp³-hybridized carbons (Fsp3) is 0.300. The molecule has 0 N–H and O–H groups in total. The number of carbonyl (C=O) groups is 1. The van der Waals surface area contributed by atoms with E-state index >= 15 is 0 Å². The Kier molecular flexibility index (Phi) is 8.73. The van der Waals surface area contributed by atoms with Crippen molar-refractivity contribution in [2.75, 3.05) is 0 Å². The second-order valence-corrected chi connectivity index (χ2v) is 18.4. The summed E-state index contributed by atoms with van der Waals surface area (Å²) in [7, 11) is -2.13. The monoisotopic (exact) mass is 501 g/mol. The second-order valence-electron chi connectivity index (χ2n) is 10.4. The van der Waals surface area contributed by atoms with Crippen molar-refractivity contribution in [2.45, 2.75) is 57.8 Å². The van der Waals surface area contributed by atoms with Gasteiger partial charge in [0.25, 0.3) is 0 Å². The molecule has 0 spiro atoms. The molecule has 3 aromatic carbocycles. The Morgan fingerprint density at radius 2 is 1.29 bits per heavy atom. The fourth-order valence-electron chi connectivity index (χ4n) is 4.00. The summed E-state index contributed by atoms with van der Waals surface area (Å²) >= 11 is 0. The number of ketones is 1. The SMILES string of the molecule is CC(C)(C)[Si](C)(C)O[C@H](CC#N)CC(=O)C=P(c1ccccc1)(c1ccccc1)c1ccccc1. The van der Waals surface area contributed by atoms with E-state index in [2.05, 4.69) is 76.3 Å². The van der Waals surface area contributed by atoms with E-state index in [1.807, 2.05) is 60.4 Å². The van der Waals surface area contributed by atoms with Gasteiger partial charge in [-0.3, -0.25) is 4.79 Å². The van der Waals surface area contributed by atoms with Crippen molar-refractivity contribution in [1.29, 1.82) is 5.26 Å². The van der Waals surface area contributed by atoms with E-state index in [0.29, 0.717) is 0 Å². The molecule has 1 atom stereocenters. The van der Waals surface area contributed by atoms with Gasteiger partial charge in [0, 0.05) is 6.42 Å². The summed E-state index contributed by atoms with van der Waals surface area (Å²) in [6.45, 7) is 8.49. The minimum Gasteiger partial charge on any atom is -0.412 e. The third-order valence-corrected chi connectivity index (χ3v) is 15.4. The average Bonchev–Trinajstić information content (AvgIpc) is 2.83. The van der Waals surface area contributed by atoms with E-state index in [1.54, 1.807) is 0 Å². The Balaban J connectivity index is 2.15. The third kappa shape index (κ3) is 6.30. The lowest BCUT2D eigenvalue weighted by Crippen LogP contribution is -2.44. The molecule has 0 radical (unpaired) electrons. The summed E-state index contributed by atoms with van der Waals surface area (Å²) in [4.78, 5) is 13.8. The number of nitrogens with zero attached hydrogens (tertiary/aromatic N) is 1. The predicted octanol–water partition coefficient (Wildman–Crippen LogP) is 6.05. The first-order valence-electron chi connectivity index (χ1n) is 12.1. The van der Waals surface area contributed by atoms with Gasteiger partial charge in [0.1, 0.15) is 0 Å². The number of hydrogen-bond acceptors (Lipinski definition) is 3. The van der Waals surface area contributed by atoms with Crippen LogP contribution in [-0.2, 0) is 9.22 Å². The molecule has 3 aromatic rings. The quantitative estimate of drug-likeness (QED) is 0.265. The molecule has 35 heavy (non-hydrogen) atoms. The Morgan fingerprint density at radius 3 is 1.63 bits per heavy atom. The highest BCUT2D eigenvalue weighted by Crippen LogP contribution is 2.44. The Hall–Kier alpha value is -2.70. The minimum atomic E-state index is -2.37. The molecule has 0 aromatic heterocycles. The largest absolute Gasteiger partial charge is 0.412 e. The van der Waals surface area contributed by atoms with Crippen LogP contribution in [0.25, 0.3) is 0 Å². The van der Waals surface area contributed by atoms with Gasteiger partial charge in [0.2, 0.25) is 0 Å². The minimum absolute atomic E-state index is 0.00232. The lowest BCUT2D eigenvalue weighted by Gasteiger charge is -2.38. The van der Waals surface area contributed by atoms with Crippen LogP contribution in [0.2, 0.25) is 18.1 Å². The summed E-state index contributed by atoms with van der Waals surface area (Å²) in [6.07, 6.45) is 0.00212. The van der Waals surface area contributed by atoms with Crippen LogP contribution in [0, 0.1) is 11.3 Å². The Bertz CT molecular complexity index is 1110. The van der Waals surface area contributed by atoms with Crippen LogP contribution in [0.3, 0.4) is 0 Å². The number of Topliss-reactive ketones (excluding diaryl/α,β-unsaturated/α-hetero) is 1. The van der Waals surface area contributed by atoms with Crippen LogP contribution < -0.4 is 15.9 Å². The van der Waals surface area contributed by atoms with Crippen LogP contribution in [0.4, 0.5) is 0 Å². The maximum absolute atomic E-state index is 13.8. The number of nitriles is 1. The van der Waals surface area contributed by atoms with Crippen molar-refractivity contribution in [2.24, 2.45) is 0 Å². The molecule has 0 aliphatic heterocycles. The molecule has 0 saturated heterocycles. The summed E-state index contributed by atoms with van der Waals surface area (Å²) in [6, 6.07) is 33.2. The first kappa shape index (κ1) is 26.9. The number of benzene rings is 3. The van der Waals surface area contributed by atoms with Crippen LogP contribution >= 0.6 is 6.89 Å². The Labute approximate surface area is 211 Å². The molecule has 3 nitrogen and oxygen atoms in total. The molecular formula is C30H36NO2PSi. The van der Waals surface area contributed by atoms with E-state index in [0.717, 1.165) is 15.9 Å². The molecule has 0 aliphatic rings. The maximum atomic E-state index is 13.8. The molecule has 3 rings (SSSR count). The van der Waals surface area contributed by atoms with Crippen molar-refractivity contribution in [3.63, 3.8) is 0 Å². The fourth-order valence-corrected chi connectivity index (χ4v) is 9.16. The van der Waals surface area contributed by atoms with Crippen molar-refractivity contribution >= 4 is 42.7 Å². The van der Waals surface area contributed by atoms with E-state index in [1.165, 1.54) is 0 Å². The number of rotatable bonds is 9. The van der Waals surface area contributed by atoms with Crippen molar-refractivity contribution in [3.05, 3.63) is 91.0 Å². The second kappa shape index (κ2) is 11.4. The zero-order valence-electron chi connectivity index (χ0n) is 21.4. The highest BCUT2D eigenvalue weighted by molar-refractivity contribution is 7.95. The van der Waals surface area contributed by atoms with Crippen molar-refractivity contribution < 1.29 is 9.22 Å². The average molecular weight is 502 g/mol. The first-order chi connectivity index (χ1) is 16.6. The van der Waals surface area contributed by atoms with E-state index in [4.69, 9.17) is 4.43 Å². The lowest BCUT2D eigenvalue weighted by molar-refractivity contribution is -0.113. The van der Waals surface area contributed by atoms with Gasteiger partial charge < -0.3 is 4.43 Å². The smallest absolute Gasteiger partial charge is 0.192 e. The molecule has 0 heterocycles. The summed E-state index contributed by atoms with van der Waals surface area (Å²) in [5.41, 5.74) is 0. The van der Waals surface area contributed by atoms with Crippen LogP contribution in [-0.4, -0.2) is 26.0 Å². The van der Waals surface area contributed by atoms with Crippen molar-refractivity contribution in [1.82, 2.24) is 0 Å². The zero-order valence-corrected chi connectivity index (χ0v) is 23.3. The summed E-state index contributed by atoms with van der Waals surface area (Å²) < 4.78 is 6.53. The van der Waals surface area contributed by atoms with Gasteiger partial charge in [-0.1, -0.05) is 112 Å². The van der Waals surface area contributed by atoms with E-state index < -0.39 is 21.3 Å². The van der Waals surface area contributed by atoms with E-state index in [9.17, 15) is 10.1 Å². The molecule has 0 unspecified atom stereocenters. The van der Waals surface area contributed by atoms with Gasteiger partial charge in [-0.25, -0.2) is 0 Å². The summed E-state index contributed by atoms with van der Waals surface area (Å²) in [5, 5.41) is 12.9. The Morgan fingerprint density at radius 1 is 0.886 bits per heavy atom. The van der Waals surface area contributed by atoms with E-state index in [-0.39, 0.29) is 23.7 Å². The molecular weight excluding hydrogens is 465 g/mol. The molecule has 0 amide bonds. The maximum Gasteiger partial charge on any atom is 0.192 e. The normalized spacial score (nSPS) is 13.0. The number of carbonyl (C=O) groups excluding carboxylic acids is 1. The van der Waals surface area contributed by atoms with Gasteiger partial charge in [-0.2, -0.15) is 5.26 Å². The predicted molar refractivity (Wildman–Crippen MR) is 153 cm³/mol. The number of hydrogen-bond donors (Lipinski definition) is 0. The van der Waals surface area contributed by atoms with Gasteiger partial charge >= 0.3 is 0 Å². The van der Waals surface area contributed by atoms with Gasteiger partial charge in [-0.15, -0.1) is 0 Å². The topological polar surface area (TPSA) is 50.1 Å². The molecule has 5 heteroatoms. The third-order valence-electron chi connectivity index (χ3n) is 6.84. The lowest BCUT2D eigenvalue weighted by atomic mass is 10.1. The highest BCUT2D eigenvalue weighted by atomic mass is 31.2. The van der Waals surface area contributed by atoms with Crippen LogP contribution in [0.1, 0.15) is 33.6 Å². The zero-order chi connectivity index (χ0) is 25.5. The van der Waals surface area contributed by atoms with Crippen molar-refractivity contribution in [3.8, 4) is 6.07 Å². The van der Waals surface area contributed by atoms with Crippen LogP contribution in [0.5, 0.6) is 0 Å².